The van der Waals surface area contributed by atoms with Crippen molar-refractivity contribution < 1.29 is 52.4 Å². The number of alkyl carbamates (subject to hydrolysis) is 1. The summed E-state index contributed by atoms with van der Waals surface area (Å²) >= 11 is 1.04. The highest BCUT2D eigenvalue weighted by Gasteiger charge is 2.60. The number of carbonyl (C=O) groups excluding carboxylic acids is 5. The number of fused-ring (bicyclic) bond motifs is 1. The van der Waals surface area contributed by atoms with Gasteiger partial charge in [0, 0.05) is 32.1 Å². The third-order valence-electron chi connectivity index (χ3n) is 5.65. The minimum Gasteiger partial charge on any atom is -0.466 e. The van der Waals surface area contributed by atoms with E-state index in [-0.39, 0.29) is 6.42 Å². The molecule has 0 spiro atoms. The number of hydrogen-bond donors (Lipinski definition) is 1. The summed E-state index contributed by atoms with van der Waals surface area (Å²) in [6.45, 7) is 4.85. The van der Waals surface area contributed by atoms with Gasteiger partial charge in [0.2, 0.25) is 4.93 Å². The Morgan fingerprint density at radius 2 is 1.73 bits per heavy atom. The van der Waals surface area contributed by atoms with E-state index in [2.05, 4.69) is 5.32 Å². The van der Waals surface area contributed by atoms with Crippen molar-refractivity contribution in [2.24, 2.45) is 0 Å². The predicted octanol–water partition coefficient (Wildman–Crippen LogP) is 1.65. The van der Waals surface area contributed by atoms with E-state index < -0.39 is 72.0 Å². The Hall–Kier alpha value is -3.32. The highest BCUT2D eigenvalue weighted by Crippen LogP contribution is 2.46. The number of rotatable bonds is 9. The smallest absolute Gasteiger partial charge is 0.407 e. The molecule has 202 valence electrons. The van der Waals surface area contributed by atoms with Gasteiger partial charge >= 0.3 is 30.0 Å². The monoisotopic (exact) mass is 539 g/mol. The number of benzene rings is 1. The Morgan fingerprint density at radius 3 is 2.30 bits per heavy atom. The Morgan fingerprint density at radius 1 is 1.08 bits per heavy atom. The summed E-state index contributed by atoms with van der Waals surface area (Å²) in [5.41, 5.74) is 0.998. The van der Waals surface area contributed by atoms with Gasteiger partial charge in [0.05, 0.1) is 13.2 Å². The fourth-order valence-electron chi connectivity index (χ4n) is 4.16. The molecule has 13 heteroatoms. The van der Waals surface area contributed by atoms with E-state index in [0.29, 0.717) is 4.90 Å². The molecule has 2 aliphatic heterocycles. The average molecular weight is 540 g/mol. The molecule has 0 saturated carbocycles. The molecule has 2 saturated heterocycles. The van der Waals surface area contributed by atoms with Gasteiger partial charge in [0.15, 0.2) is 12.2 Å². The van der Waals surface area contributed by atoms with E-state index in [0.717, 1.165) is 38.1 Å². The lowest BCUT2D eigenvalue weighted by atomic mass is 9.90. The maximum absolute atomic E-state index is 13.2. The van der Waals surface area contributed by atoms with Gasteiger partial charge in [-0.3, -0.25) is 14.4 Å². The van der Waals surface area contributed by atoms with Crippen LogP contribution < -0.4 is 5.32 Å². The first kappa shape index (κ1) is 28.3. The van der Waals surface area contributed by atoms with E-state index in [1.807, 2.05) is 19.1 Å². The molecule has 6 atom stereocenters. The zero-order valence-corrected chi connectivity index (χ0v) is 21.8. The molecule has 2 fully saturated rings. The van der Waals surface area contributed by atoms with Crippen LogP contribution in [0.1, 0.15) is 32.8 Å². The maximum Gasteiger partial charge on any atom is 0.407 e. The summed E-state index contributed by atoms with van der Waals surface area (Å²) in [5.74, 6) is -2.95. The number of nitrogens with one attached hydrogen (secondary N) is 1. The molecule has 2 aliphatic rings. The second kappa shape index (κ2) is 11.8. The average Bonchev–Trinajstić information content (AvgIpc) is 3.20. The first-order valence-corrected chi connectivity index (χ1v) is 12.2. The fraction of sp³-hybridized carbons (Fsp3) is 0.542. The summed E-state index contributed by atoms with van der Waals surface area (Å²) in [5, 5.41) is 2.61. The number of ether oxygens (including phenoxy) is 6. The van der Waals surface area contributed by atoms with E-state index in [1.165, 1.54) is 7.11 Å². The van der Waals surface area contributed by atoms with Crippen LogP contribution in [0, 0.1) is 6.92 Å². The second-order valence-electron chi connectivity index (χ2n) is 8.58. The highest BCUT2D eigenvalue weighted by molar-refractivity contribution is 8.01. The van der Waals surface area contributed by atoms with Crippen LogP contribution >= 0.6 is 11.8 Å². The van der Waals surface area contributed by atoms with Crippen molar-refractivity contribution in [3.63, 3.8) is 0 Å². The third-order valence-corrected chi connectivity index (χ3v) is 6.92. The first-order chi connectivity index (χ1) is 17.4. The lowest BCUT2D eigenvalue weighted by Crippen LogP contribution is -2.64. The molecule has 1 aromatic rings. The number of hydrogen-bond acceptors (Lipinski definition) is 12. The van der Waals surface area contributed by atoms with E-state index in [4.69, 9.17) is 28.4 Å². The van der Waals surface area contributed by atoms with Crippen molar-refractivity contribution in [3.05, 3.63) is 29.8 Å². The van der Waals surface area contributed by atoms with Gasteiger partial charge in [-0.15, -0.1) is 0 Å². The van der Waals surface area contributed by atoms with Crippen LogP contribution in [0.15, 0.2) is 29.2 Å². The van der Waals surface area contributed by atoms with E-state index in [9.17, 15) is 24.0 Å². The van der Waals surface area contributed by atoms with Crippen molar-refractivity contribution >= 4 is 41.7 Å². The molecule has 0 aromatic heterocycles. The summed E-state index contributed by atoms with van der Waals surface area (Å²) in [6.07, 6.45) is -5.76. The quantitative estimate of drug-likeness (QED) is 0.359. The van der Waals surface area contributed by atoms with E-state index >= 15 is 0 Å². The van der Waals surface area contributed by atoms with Crippen molar-refractivity contribution in [1.82, 2.24) is 5.32 Å². The summed E-state index contributed by atoms with van der Waals surface area (Å²) < 4.78 is 32.7. The van der Waals surface area contributed by atoms with Crippen molar-refractivity contribution in [1.29, 1.82) is 0 Å². The number of methoxy groups -OCH3 is 1. The van der Waals surface area contributed by atoms with Crippen LogP contribution in [0.2, 0.25) is 0 Å². The fourth-order valence-corrected chi connectivity index (χ4v) is 5.39. The maximum atomic E-state index is 13.2. The number of carbonyl (C=O) groups is 5. The zero-order chi connectivity index (χ0) is 27.3. The lowest BCUT2D eigenvalue weighted by molar-refractivity contribution is -0.214. The van der Waals surface area contributed by atoms with Crippen LogP contribution in [0.5, 0.6) is 0 Å². The molecule has 0 radical (unpaired) electrons. The molecule has 12 nitrogen and oxygen atoms in total. The van der Waals surface area contributed by atoms with Crippen LogP contribution in [-0.2, 0) is 47.6 Å². The van der Waals surface area contributed by atoms with Gasteiger partial charge in [-0.25, -0.2) is 9.59 Å². The van der Waals surface area contributed by atoms with Crippen LogP contribution in [-0.4, -0.2) is 79.1 Å². The molecular formula is C24H29NO11S. The van der Waals surface area contributed by atoms with Gasteiger partial charge in [0.25, 0.3) is 0 Å². The van der Waals surface area contributed by atoms with E-state index in [1.54, 1.807) is 12.1 Å². The molecule has 1 aromatic carbocycles. The van der Waals surface area contributed by atoms with Gasteiger partial charge in [-0.2, -0.15) is 0 Å². The summed E-state index contributed by atoms with van der Waals surface area (Å²) in [7, 11) is 1.19. The molecule has 37 heavy (non-hydrogen) atoms. The molecule has 0 bridgehead atoms. The minimum absolute atomic E-state index is 0.0902. The second-order valence-corrected chi connectivity index (χ2v) is 9.92. The molecule has 2 heterocycles. The van der Waals surface area contributed by atoms with Crippen molar-refractivity contribution in [3.8, 4) is 0 Å². The van der Waals surface area contributed by atoms with Crippen molar-refractivity contribution in [2.75, 3.05) is 13.7 Å². The number of thioether (sulfide) groups is 1. The molecule has 1 unspecified atom stereocenters. The van der Waals surface area contributed by atoms with Crippen LogP contribution in [0.4, 0.5) is 4.79 Å². The molecule has 1 amide bonds. The van der Waals surface area contributed by atoms with Gasteiger partial charge < -0.3 is 33.7 Å². The van der Waals surface area contributed by atoms with Crippen LogP contribution in [0.25, 0.3) is 0 Å². The first-order valence-electron chi connectivity index (χ1n) is 11.4. The van der Waals surface area contributed by atoms with Gasteiger partial charge in [0.1, 0.15) is 18.8 Å². The van der Waals surface area contributed by atoms with Gasteiger partial charge in [-0.1, -0.05) is 29.5 Å². The summed E-state index contributed by atoms with van der Waals surface area (Å²) in [6, 6.07) is 6.39. The van der Waals surface area contributed by atoms with Gasteiger partial charge in [-0.05, 0) is 19.1 Å². The molecule has 0 aliphatic carbocycles. The molecule has 1 N–H and O–H groups in total. The Labute approximate surface area is 217 Å². The lowest BCUT2D eigenvalue weighted by Gasteiger charge is -2.45. The number of amides is 1. The standard InChI is InChI=1S/C24H29NO11S/c1-12-6-8-16(9-7-12)37-24(22(29)31-5)10-17-19(25-23(30)35-17)21(36-24)20(34-15(4)28)18(33-14(3)27)11-32-13(2)26/h6-9,17-21H,10-11H2,1-5H3,(H,25,30)/t17-,18+,19+,20-,21+,24?/m0/s1. The Kier molecular flexibility index (Phi) is 9.02. The molecular weight excluding hydrogens is 510 g/mol. The number of aryl methyl sites for hydroxylation is 1. The van der Waals surface area contributed by atoms with Crippen molar-refractivity contribution in [2.45, 2.75) is 74.4 Å². The predicted molar refractivity (Wildman–Crippen MR) is 126 cm³/mol. The third kappa shape index (κ3) is 6.92. The Balaban J connectivity index is 2.07. The largest absolute Gasteiger partial charge is 0.466 e. The Bertz CT molecular complexity index is 1050. The molecule has 3 rings (SSSR count). The topological polar surface area (TPSA) is 153 Å². The summed E-state index contributed by atoms with van der Waals surface area (Å²) in [4.78, 5) is 59.8. The SMILES string of the molecule is COC(=O)C1(Sc2ccc(C)cc2)C[C@@H]2OC(=O)N[C@H]2[C@H]([C@@H](OC(C)=O)[C@@H](COC(C)=O)OC(C)=O)O1. The zero-order valence-electron chi connectivity index (χ0n) is 21.0. The normalized spacial score (nSPS) is 26.0. The highest BCUT2D eigenvalue weighted by atomic mass is 32.2. The number of esters is 4. The van der Waals surface area contributed by atoms with Crippen LogP contribution in [0.3, 0.4) is 0 Å². The minimum atomic E-state index is -1.73.